The molecule has 3 amide bonds. The normalized spacial score (nSPS) is 17.9. The van der Waals surface area contributed by atoms with E-state index in [1.165, 1.54) is 19.2 Å². The van der Waals surface area contributed by atoms with Gasteiger partial charge in [0.1, 0.15) is 24.2 Å². The number of fused-ring (bicyclic) bond motifs is 1. The molecule has 0 radical (unpaired) electrons. The lowest BCUT2D eigenvalue weighted by Crippen LogP contribution is -2.42. The van der Waals surface area contributed by atoms with Crippen LogP contribution in [0.1, 0.15) is 24.2 Å². The van der Waals surface area contributed by atoms with E-state index in [-0.39, 0.29) is 5.91 Å². The van der Waals surface area contributed by atoms with Gasteiger partial charge in [0.15, 0.2) is 0 Å². The molecule has 234 valence electrons. The number of hydrogen-bond acceptors (Lipinski definition) is 9. The number of methoxy groups -OCH3 is 1. The van der Waals surface area contributed by atoms with E-state index in [0.29, 0.717) is 72.6 Å². The van der Waals surface area contributed by atoms with Crippen LogP contribution in [0.5, 0.6) is 5.88 Å². The van der Waals surface area contributed by atoms with E-state index >= 15 is 0 Å². The number of aromatic nitrogens is 4. The number of carbonyl (C=O) groups is 2. The van der Waals surface area contributed by atoms with E-state index in [9.17, 15) is 14.0 Å². The van der Waals surface area contributed by atoms with Crippen LogP contribution in [0.2, 0.25) is 0 Å². The number of anilines is 2. The highest BCUT2D eigenvalue weighted by Gasteiger charge is 2.37. The van der Waals surface area contributed by atoms with Crippen LogP contribution < -0.4 is 20.3 Å². The van der Waals surface area contributed by atoms with Gasteiger partial charge in [-0.15, -0.1) is 0 Å². The first-order chi connectivity index (χ1) is 21.8. The highest BCUT2D eigenvalue weighted by Crippen LogP contribution is 2.37. The van der Waals surface area contributed by atoms with Gasteiger partial charge in [0.25, 0.3) is 0 Å². The minimum Gasteiger partial charge on any atom is -0.474 e. The predicted octanol–water partition coefficient (Wildman–Crippen LogP) is 3.65. The monoisotopic (exact) mass is 616 g/mol. The molecule has 45 heavy (non-hydrogen) atoms. The van der Waals surface area contributed by atoms with Crippen LogP contribution in [-0.4, -0.2) is 82.7 Å². The minimum absolute atomic E-state index is 0.117. The molecule has 2 atom stereocenters. The maximum Gasteiger partial charge on any atom is 0.320 e. The average molecular weight is 617 g/mol. The lowest BCUT2D eigenvalue weighted by atomic mass is 10.0. The van der Waals surface area contributed by atoms with Crippen molar-refractivity contribution in [2.45, 2.75) is 26.0 Å². The molecule has 1 saturated heterocycles. The predicted molar refractivity (Wildman–Crippen MR) is 162 cm³/mol. The molecular weight excluding hydrogens is 583 g/mol. The van der Waals surface area contributed by atoms with Gasteiger partial charge in [-0.2, -0.15) is 14.6 Å². The first-order valence-electron chi connectivity index (χ1n) is 14.5. The summed E-state index contributed by atoms with van der Waals surface area (Å²) in [6, 6.07) is 13.2. The maximum absolute atomic E-state index is 14.0. The summed E-state index contributed by atoms with van der Waals surface area (Å²) >= 11 is 0. The topological polar surface area (TPSA) is 136 Å². The van der Waals surface area contributed by atoms with Gasteiger partial charge in [0.2, 0.25) is 17.7 Å². The van der Waals surface area contributed by atoms with Gasteiger partial charge >= 0.3 is 6.03 Å². The van der Waals surface area contributed by atoms with Gasteiger partial charge in [-0.25, -0.2) is 19.4 Å². The van der Waals surface area contributed by atoms with Crippen molar-refractivity contribution in [2.75, 3.05) is 50.2 Å². The number of nitrogens with zero attached hydrogens (tertiary/aromatic N) is 6. The van der Waals surface area contributed by atoms with E-state index in [2.05, 4.69) is 20.6 Å². The molecule has 0 spiro atoms. The number of hydroxylamine groups is 2. The van der Waals surface area contributed by atoms with Gasteiger partial charge in [-0.1, -0.05) is 18.2 Å². The second-order valence-electron chi connectivity index (χ2n) is 10.7. The van der Waals surface area contributed by atoms with E-state index < -0.39 is 24.1 Å². The third kappa shape index (κ3) is 6.34. The van der Waals surface area contributed by atoms with Crippen LogP contribution >= 0.6 is 0 Å². The van der Waals surface area contributed by atoms with Crippen molar-refractivity contribution in [3.8, 4) is 22.8 Å². The smallest absolute Gasteiger partial charge is 0.320 e. The molecule has 1 fully saturated rings. The third-order valence-electron chi connectivity index (χ3n) is 7.65. The molecule has 1 aromatic carbocycles. The van der Waals surface area contributed by atoms with Crippen molar-refractivity contribution in [1.82, 2.24) is 30.1 Å². The summed E-state index contributed by atoms with van der Waals surface area (Å²) in [5.41, 5.74) is 3.73. The Morgan fingerprint density at radius 2 is 1.98 bits per heavy atom. The zero-order valence-electron chi connectivity index (χ0n) is 25.1. The van der Waals surface area contributed by atoms with Crippen LogP contribution in [0, 0.1) is 12.9 Å². The third-order valence-corrected chi connectivity index (χ3v) is 7.65. The molecule has 0 unspecified atom stereocenters. The maximum atomic E-state index is 14.0. The summed E-state index contributed by atoms with van der Waals surface area (Å²) in [7, 11) is 1.59. The van der Waals surface area contributed by atoms with Crippen LogP contribution in [0.25, 0.3) is 16.9 Å². The number of urea groups is 1. The number of halogens is 1. The number of rotatable bonds is 8. The Labute approximate surface area is 258 Å². The quantitative estimate of drug-likeness (QED) is 0.285. The number of benzene rings is 1. The fourth-order valence-electron chi connectivity index (χ4n) is 5.48. The lowest BCUT2D eigenvalue weighted by molar-refractivity contribution is -0.154. The molecule has 13 nitrogen and oxygen atoms in total. The van der Waals surface area contributed by atoms with Crippen molar-refractivity contribution < 1.29 is 28.3 Å². The van der Waals surface area contributed by atoms with Crippen molar-refractivity contribution >= 4 is 23.4 Å². The summed E-state index contributed by atoms with van der Waals surface area (Å²) in [6.07, 6.45) is 2.36. The van der Waals surface area contributed by atoms with Gasteiger partial charge in [-0.05, 0) is 42.8 Å². The summed E-state index contributed by atoms with van der Waals surface area (Å²) in [4.78, 5) is 41.7. The number of amides is 3. The summed E-state index contributed by atoms with van der Waals surface area (Å²) in [5.74, 6) is 0.0561. The van der Waals surface area contributed by atoms with Crippen LogP contribution in [0.15, 0.2) is 60.9 Å². The Kier molecular flexibility index (Phi) is 8.69. The summed E-state index contributed by atoms with van der Waals surface area (Å²) in [5, 5.41) is 12.5. The van der Waals surface area contributed by atoms with Gasteiger partial charge in [-0.3, -0.25) is 14.9 Å². The van der Waals surface area contributed by atoms with Gasteiger partial charge in [0, 0.05) is 50.6 Å². The van der Waals surface area contributed by atoms with Crippen LogP contribution in [0.3, 0.4) is 0 Å². The van der Waals surface area contributed by atoms with E-state index in [1.807, 2.05) is 43.3 Å². The molecule has 0 aliphatic carbocycles. The first kappa shape index (κ1) is 30.1. The molecule has 3 aromatic heterocycles. The van der Waals surface area contributed by atoms with E-state index in [1.54, 1.807) is 34.0 Å². The molecule has 6 rings (SSSR count). The molecule has 0 saturated carbocycles. The standard InChI is InChI=1S/C31H33FN8O5/c1-19-27(22-15-25-30(34-17-22)44-14-12-39(25)20(2)41)37-40(23-7-5-4-6-8-23)29(19)36-31(42)35-24-18-38(11-13-43-3)45-28(24)21-9-10-33-26(32)16-21/h4-10,15-17,24,28H,11-14,18H2,1-3H3,(H2,35,36,42)/t24-,28+/m1/s1. The fraction of sp³-hybridized carbons (Fsp3) is 0.323. The molecule has 5 heterocycles. The minimum atomic E-state index is -0.645. The second kappa shape index (κ2) is 13.0. The van der Waals surface area contributed by atoms with E-state index in [0.717, 1.165) is 5.69 Å². The molecule has 2 aliphatic heterocycles. The molecule has 2 aliphatic rings. The number of carbonyl (C=O) groups excluding carboxylic acids is 2. The fourth-order valence-corrected chi connectivity index (χ4v) is 5.48. The van der Waals surface area contributed by atoms with Crippen molar-refractivity contribution in [1.29, 1.82) is 0 Å². The summed E-state index contributed by atoms with van der Waals surface area (Å²) < 4.78 is 26.5. The molecule has 0 bridgehead atoms. The van der Waals surface area contributed by atoms with Crippen molar-refractivity contribution in [2.24, 2.45) is 0 Å². The molecule has 14 heteroatoms. The van der Waals surface area contributed by atoms with E-state index in [4.69, 9.17) is 19.4 Å². The largest absolute Gasteiger partial charge is 0.474 e. The number of pyridine rings is 2. The molecular formula is C31H33FN8O5. The average Bonchev–Trinajstić information content (AvgIpc) is 3.59. The second-order valence-corrected chi connectivity index (χ2v) is 10.7. The Morgan fingerprint density at radius 1 is 1.16 bits per heavy atom. The number of ether oxygens (including phenoxy) is 2. The summed E-state index contributed by atoms with van der Waals surface area (Å²) in [6.45, 7) is 5.36. The Hall–Kier alpha value is -4.92. The Bertz CT molecular complexity index is 1700. The zero-order chi connectivity index (χ0) is 31.5. The highest BCUT2D eigenvalue weighted by molar-refractivity contribution is 5.94. The van der Waals surface area contributed by atoms with Gasteiger partial charge < -0.3 is 19.7 Å². The Morgan fingerprint density at radius 3 is 2.73 bits per heavy atom. The number of para-hydroxylation sites is 1. The Balaban J connectivity index is 1.31. The SMILES string of the molecule is COCCN1C[C@@H](NC(=O)Nc2c(C)c(-c3cnc4c(c3)N(C(C)=O)CCO4)nn2-c2ccccc2)[C@H](c2ccnc(F)c2)O1. The molecule has 2 N–H and O–H groups in total. The number of hydrogen-bond donors (Lipinski definition) is 2. The zero-order valence-corrected chi connectivity index (χ0v) is 25.1. The lowest BCUT2D eigenvalue weighted by Gasteiger charge is -2.27. The van der Waals surface area contributed by atoms with Gasteiger partial charge in [0.05, 0.1) is 30.6 Å². The van der Waals surface area contributed by atoms with Crippen LogP contribution in [0.4, 0.5) is 20.7 Å². The van der Waals surface area contributed by atoms with Crippen LogP contribution in [-0.2, 0) is 14.4 Å². The van der Waals surface area contributed by atoms with Crippen molar-refractivity contribution in [3.63, 3.8) is 0 Å². The first-order valence-corrected chi connectivity index (χ1v) is 14.5. The molecule has 4 aromatic rings. The number of nitrogens with one attached hydrogen (secondary N) is 2. The van der Waals surface area contributed by atoms with Crippen molar-refractivity contribution in [3.05, 3.63) is 78.0 Å². The highest BCUT2D eigenvalue weighted by atomic mass is 19.1.